The van der Waals surface area contributed by atoms with Crippen LogP contribution in [0.15, 0.2) is 24.3 Å². The lowest BCUT2D eigenvalue weighted by atomic mass is 10.1. The lowest BCUT2D eigenvalue weighted by Crippen LogP contribution is -2.29. The third-order valence-corrected chi connectivity index (χ3v) is 4.41. The summed E-state index contributed by atoms with van der Waals surface area (Å²) >= 11 is 0. The molecule has 1 heterocycles. The normalized spacial score (nSPS) is 12.7. The molecule has 1 aliphatic rings. The number of carbonyl (C=O) groups is 1. The minimum Gasteiger partial charge on any atom is -0.490 e. The fourth-order valence-corrected chi connectivity index (χ4v) is 3.30. The highest BCUT2D eigenvalue weighted by Gasteiger charge is 2.30. The number of hydrogen-bond acceptors (Lipinski definition) is 4. The van der Waals surface area contributed by atoms with E-state index < -0.39 is 11.6 Å². The number of rotatable bonds is 7. The van der Waals surface area contributed by atoms with Crippen molar-refractivity contribution in [3.05, 3.63) is 47.0 Å². The smallest absolute Gasteiger partial charge is 0.258 e. The molecule has 2 aromatic carbocycles. The molecule has 5 nitrogen and oxygen atoms in total. The maximum Gasteiger partial charge on any atom is 0.258 e. The molecule has 150 valence electrons. The summed E-state index contributed by atoms with van der Waals surface area (Å²) < 4.78 is 44.6. The number of fused-ring (bicyclic) bond motifs is 1. The molecule has 0 atom stereocenters. The first-order valence-electron chi connectivity index (χ1n) is 9.36. The largest absolute Gasteiger partial charge is 0.490 e. The van der Waals surface area contributed by atoms with Crippen LogP contribution in [0.25, 0.3) is 0 Å². The Morgan fingerprint density at radius 1 is 0.964 bits per heavy atom. The van der Waals surface area contributed by atoms with Gasteiger partial charge in [-0.3, -0.25) is 4.79 Å². The van der Waals surface area contributed by atoms with Crippen molar-refractivity contribution in [1.82, 2.24) is 0 Å². The van der Waals surface area contributed by atoms with Crippen LogP contribution in [0.3, 0.4) is 0 Å². The number of halogens is 2. The average Bonchev–Trinajstić information content (AvgIpc) is 3.08. The standard InChI is InChI=1S/C21H23F2NO4/c1-4-26-18-9-13(10-19(27-5-2)20(18)28-6-3)21(25)24-8-7-15-16(23)11-14(22)12-17(15)24/h9-12H,4-8H2,1-3H3. The van der Waals surface area contributed by atoms with Gasteiger partial charge in [0.25, 0.3) is 5.91 Å². The van der Waals surface area contributed by atoms with E-state index in [0.29, 0.717) is 54.6 Å². The maximum absolute atomic E-state index is 14.0. The summed E-state index contributed by atoms with van der Waals surface area (Å²) in [6.45, 7) is 6.94. The highest BCUT2D eigenvalue weighted by atomic mass is 19.1. The van der Waals surface area contributed by atoms with Gasteiger partial charge in [0.2, 0.25) is 5.75 Å². The van der Waals surface area contributed by atoms with Crippen molar-refractivity contribution in [2.24, 2.45) is 0 Å². The van der Waals surface area contributed by atoms with Gasteiger partial charge in [-0.25, -0.2) is 8.78 Å². The SMILES string of the molecule is CCOc1cc(C(=O)N2CCc3c(F)cc(F)cc32)cc(OCC)c1OCC. The zero-order chi connectivity index (χ0) is 20.3. The molecular weight excluding hydrogens is 368 g/mol. The van der Waals surface area contributed by atoms with Gasteiger partial charge >= 0.3 is 0 Å². The monoisotopic (exact) mass is 391 g/mol. The molecule has 0 N–H and O–H groups in total. The Morgan fingerprint density at radius 3 is 2.14 bits per heavy atom. The molecule has 1 aliphatic heterocycles. The van der Waals surface area contributed by atoms with Gasteiger partial charge in [-0.15, -0.1) is 0 Å². The quantitative estimate of drug-likeness (QED) is 0.704. The van der Waals surface area contributed by atoms with E-state index in [9.17, 15) is 13.6 Å². The van der Waals surface area contributed by atoms with Gasteiger partial charge in [0.1, 0.15) is 11.6 Å². The van der Waals surface area contributed by atoms with E-state index >= 15 is 0 Å². The van der Waals surface area contributed by atoms with Gasteiger partial charge < -0.3 is 19.1 Å². The Morgan fingerprint density at radius 2 is 1.57 bits per heavy atom. The number of carbonyl (C=O) groups excluding carboxylic acids is 1. The Hall–Kier alpha value is -2.83. The number of nitrogens with zero attached hydrogens (tertiary/aromatic N) is 1. The molecule has 0 saturated carbocycles. The first-order valence-corrected chi connectivity index (χ1v) is 9.36. The molecule has 3 rings (SSSR count). The molecule has 0 aromatic heterocycles. The third-order valence-electron chi connectivity index (χ3n) is 4.41. The topological polar surface area (TPSA) is 48.0 Å². The number of benzene rings is 2. The maximum atomic E-state index is 14.0. The summed E-state index contributed by atoms with van der Waals surface area (Å²) in [5.74, 6) is -0.517. The minimum absolute atomic E-state index is 0.257. The predicted octanol–water partition coefficient (Wildman–Crippen LogP) is 4.36. The van der Waals surface area contributed by atoms with Crippen molar-refractivity contribution in [3.63, 3.8) is 0 Å². The molecule has 7 heteroatoms. The Labute approximate surface area is 162 Å². The zero-order valence-corrected chi connectivity index (χ0v) is 16.2. The summed E-state index contributed by atoms with van der Waals surface area (Å²) in [6, 6.07) is 5.18. The predicted molar refractivity (Wildman–Crippen MR) is 102 cm³/mol. The molecule has 0 saturated heterocycles. The number of ether oxygens (including phenoxy) is 3. The third kappa shape index (κ3) is 3.74. The molecular formula is C21H23F2NO4. The van der Waals surface area contributed by atoms with Gasteiger partial charge in [-0.05, 0) is 45.4 Å². The molecule has 0 fully saturated rings. The molecule has 0 bridgehead atoms. The Kier molecular flexibility index (Phi) is 6.02. The zero-order valence-electron chi connectivity index (χ0n) is 16.2. The highest BCUT2D eigenvalue weighted by molar-refractivity contribution is 6.08. The van der Waals surface area contributed by atoms with Crippen LogP contribution in [0.2, 0.25) is 0 Å². The van der Waals surface area contributed by atoms with Gasteiger partial charge in [0.05, 0.1) is 25.5 Å². The van der Waals surface area contributed by atoms with Crippen LogP contribution in [0.1, 0.15) is 36.7 Å². The molecule has 0 unspecified atom stereocenters. The van der Waals surface area contributed by atoms with Crippen LogP contribution in [0.5, 0.6) is 17.2 Å². The number of anilines is 1. The van der Waals surface area contributed by atoms with Crippen LogP contribution in [0.4, 0.5) is 14.5 Å². The minimum atomic E-state index is -0.715. The number of hydrogen-bond donors (Lipinski definition) is 0. The first-order chi connectivity index (χ1) is 13.5. The second-order valence-corrected chi connectivity index (χ2v) is 6.19. The van der Waals surface area contributed by atoms with Crippen molar-refractivity contribution in [2.75, 3.05) is 31.3 Å². The van der Waals surface area contributed by atoms with Crippen LogP contribution >= 0.6 is 0 Å². The van der Waals surface area contributed by atoms with Gasteiger partial charge in [0.15, 0.2) is 11.5 Å². The van der Waals surface area contributed by atoms with E-state index in [0.717, 1.165) is 6.07 Å². The Bertz CT molecular complexity index is 858. The van der Waals surface area contributed by atoms with Gasteiger partial charge in [0, 0.05) is 23.7 Å². The van der Waals surface area contributed by atoms with E-state index in [1.807, 2.05) is 20.8 Å². The molecule has 0 aliphatic carbocycles. The van der Waals surface area contributed by atoms with Gasteiger partial charge in [-0.2, -0.15) is 0 Å². The summed E-state index contributed by atoms with van der Waals surface area (Å²) in [6.07, 6.45) is 0.334. The van der Waals surface area contributed by atoms with Crippen molar-refractivity contribution in [3.8, 4) is 17.2 Å². The van der Waals surface area contributed by atoms with E-state index in [1.165, 1.54) is 11.0 Å². The summed E-state index contributed by atoms with van der Waals surface area (Å²) in [4.78, 5) is 14.5. The van der Waals surface area contributed by atoms with Crippen molar-refractivity contribution in [2.45, 2.75) is 27.2 Å². The number of amides is 1. The molecule has 0 radical (unpaired) electrons. The highest BCUT2D eigenvalue weighted by Crippen LogP contribution is 2.40. The van der Waals surface area contributed by atoms with Gasteiger partial charge in [-0.1, -0.05) is 0 Å². The lowest BCUT2D eigenvalue weighted by Gasteiger charge is -2.20. The summed E-state index contributed by atoms with van der Waals surface area (Å²) in [5.41, 5.74) is 0.899. The van der Waals surface area contributed by atoms with Crippen LogP contribution in [-0.2, 0) is 6.42 Å². The average molecular weight is 391 g/mol. The molecule has 0 spiro atoms. The van der Waals surface area contributed by atoms with Crippen molar-refractivity contribution >= 4 is 11.6 Å². The van der Waals surface area contributed by atoms with Crippen molar-refractivity contribution < 1.29 is 27.8 Å². The second-order valence-electron chi connectivity index (χ2n) is 6.19. The van der Waals surface area contributed by atoms with Crippen molar-refractivity contribution in [1.29, 1.82) is 0 Å². The van der Waals surface area contributed by atoms with Crippen LogP contribution < -0.4 is 19.1 Å². The molecule has 1 amide bonds. The summed E-state index contributed by atoms with van der Waals surface area (Å²) in [7, 11) is 0. The fourth-order valence-electron chi connectivity index (χ4n) is 3.30. The van der Waals surface area contributed by atoms with E-state index in [2.05, 4.69) is 0 Å². The Balaban J connectivity index is 2.03. The summed E-state index contributed by atoms with van der Waals surface area (Å²) in [5, 5.41) is 0. The molecule has 2 aromatic rings. The first kappa shape index (κ1) is 19.9. The van der Waals surface area contributed by atoms with Crippen LogP contribution in [0, 0.1) is 11.6 Å². The fraction of sp³-hybridized carbons (Fsp3) is 0.381. The van der Waals surface area contributed by atoms with E-state index in [-0.39, 0.29) is 18.1 Å². The lowest BCUT2D eigenvalue weighted by molar-refractivity contribution is 0.0988. The molecule has 28 heavy (non-hydrogen) atoms. The van der Waals surface area contributed by atoms with Crippen LogP contribution in [-0.4, -0.2) is 32.3 Å². The second kappa shape index (κ2) is 8.46. The van der Waals surface area contributed by atoms with E-state index in [1.54, 1.807) is 12.1 Å². The van der Waals surface area contributed by atoms with E-state index in [4.69, 9.17) is 14.2 Å².